The minimum Gasteiger partial charge on any atom is -0.508 e. The van der Waals surface area contributed by atoms with Crippen molar-refractivity contribution in [2.24, 2.45) is 0 Å². The van der Waals surface area contributed by atoms with E-state index in [0.717, 1.165) is 11.1 Å². The van der Waals surface area contributed by atoms with E-state index in [1.807, 2.05) is 6.07 Å². The lowest BCUT2D eigenvalue weighted by Crippen LogP contribution is -2.10. The second kappa shape index (κ2) is 5.05. The molecule has 2 N–H and O–H groups in total. The fourth-order valence-electron chi connectivity index (χ4n) is 2.64. The summed E-state index contributed by atoms with van der Waals surface area (Å²) in [5.74, 6) is -1.03. The van der Waals surface area contributed by atoms with E-state index in [2.05, 4.69) is 21.2 Å². The molecule has 2 aromatic rings. The minimum atomic E-state index is -0.634. The van der Waals surface area contributed by atoms with Crippen LogP contribution in [-0.2, 0) is 6.42 Å². The second-order valence-corrected chi connectivity index (χ2v) is 5.74. The molecule has 0 amide bonds. The summed E-state index contributed by atoms with van der Waals surface area (Å²) in [6, 6.07) is 7.49. The number of fused-ring (bicyclic) bond motifs is 1. The van der Waals surface area contributed by atoms with Crippen LogP contribution < -0.4 is 5.32 Å². The van der Waals surface area contributed by atoms with E-state index in [9.17, 15) is 13.9 Å². The standard InChI is InChI=1S/C15H12BrF2NO/c16-8-6-11(17)15(12(18)7-8)19-13-5-4-10-9(13)2-1-3-14(10)20/h1-3,6-7,13,19-20H,4-5H2. The van der Waals surface area contributed by atoms with Crippen LogP contribution in [0.15, 0.2) is 34.8 Å². The van der Waals surface area contributed by atoms with E-state index in [4.69, 9.17) is 0 Å². The molecule has 0 saturated carbocycles. The number of phenolic OH excluding ortho intramolecular Hbond substituents is 1. The molecule has 0 aromatic heterocycles. The SMILES string of the molecule is Oc1cccc2c1CCC2Nc1c(F)cc(Br)cc1F. The third-order valence-corrected chi connectivity index (χ3v) is 4.03. The Morgan fingerprint density at radius 1 is 1.20 bits per heavy atom. The summed E-state index contributed by atoms with van der Waals surface area (Å²) in [7, 11) is 0. The van der Waals surface area contributed by atoms with Gasteiger partial charge < -0.3 is 10.4 Å². The Bertz CT molecular complexity index is 652. The molecular formula is C15H12BrF2NO. The molecule has 2 nitrogen and oxygen atoms in total. The number of hydrogen-bond acceptors (Lipinski definition) is 2. The Morgan fingerprint density at radius 3 is 2.60 bits per heavy atom. The normalized spacial score (nSPS) is 17.1. The summed E-state index contributed by atoms with van der Waals surface area (Å²) in [6.07, 6.45) is 1.39. The highest BCUT2D eigenvalue weighted by molar-refractivity contribution is 9.10. The van der Waals surface area contributed by atoms with Gasteiger partial charge in [0.2, 0.25) is 0 Å². The number of rotatable bonds is 2. The molecular weight excluding hydrogens is 328 g/mol. The molecule has 0 bridgehead atoms. The minimum absolute atomic E-state index is 0.130. The van der Waals surface area contributed by atoms with Crippen molar-refractivity contribution in [2.45, 2.75) is 18.9 Å². The van der Waals surface area contributed by atoms with Crippen molar-refractivity contribution in [1.29, 1.82) is 0 Å². The Balaban J connectivity index is 1.94. The molecule has 5 heteroatoms. The molecule has 0 spiro atoms. The van der Waals surface area contributed by atoms with Crippen LogP contribution >= 0.6 is 15.9 Å². The zero-order chi connectivity index (χ0) is 14.3. The van der Waals surface area contributed by atoms with E-state index in [1.165, 1.54) is 12.1 Å². The van der Waals surface area contributed by atoms with Crippen molar-refractivity contribution in [2.75, 3.05) is 5.32 Å². The number of halogens is 3. The summed E-state index contributed by atoms with van der Waals surface area (Å²) >= 11 is 3.05. The first-order valence-electron chi connectivity index (χ1n) is 6.28. The molecule has 20 heavy (non-hydrogen) atoms. The highest BCUT2D eigenvalue weighted by Gasteiger charge is 2.26. The van der Waals surface area contributed by atoms with Crippen LogP contribution in [0.4, 0.5) is 14.5 Å². The maximum atomic E-state index is 13.8. The fraction of sp³-hybridized carbons (Fsp3) is 0.200. The number of nitrogens with one attached hydrogen (secondary N) is 1. The van der Waals surface area contributed by atoms with Crippen LogP contribution in [0.5, 0.6) is 5.75 Å². The number of anilines is 1. The largest absolute Gasteiger partial charge is 0.508 e. The van der Waals surface area contributed by atoms with Crippen LogP contribution in [0.25, 0.3) is 0 Å². The second-order valence-electron chi connectivity index (χ2n) is 4.82. The van der Waals surface area contributed by atoms with Crippen molar-refractivity contribution >= 4 is 21.6 Å². The Hall–Kier alpha value is -1.62. The van der Waals surface area contributed by atoms with Gasteiger partial charge in [0.15, 0.2) is 0 Å². The third-order valence-electron chi connectivity index (χ3n) is 3.57. The van der Waals surface area contributed by atoms with Crippen molar-refractivity contribution in [3.05, 3.63) is 57.6 Å². The summed E-state index contributed by atoms with van der Waals surface area (Å²) in [5, 5.41) is 12.7. The number of aromatic hydroxyl groups is 1. The molecule has 0 heterocycles. The number of hydrogen-bond donors (Lipinski definition) is 2. The van der Waals surface area contributed by atoms with E-state index in [1.54, 1.807) is 12.1 Å². The van der Waals surface area contributed by atoms with Crippen LogP contribution in [0.1, 0.15) is 23.6 Å². The van der Waals surface area contributed by atoms with Gasteiger partial charge in [-0.1, -0.05) is 28.1 Å². The molecule has 104 valence electrons. The van der Waals surface area contributed by atoms with Gasteiger partial charge in [0.1, 0.15) is 23.1 Å². The Kier molecular flexibility index (Phi) is 3.38. The lowest BCUT2D eigenvalue weighted by molar-refractivity contribution is 0.469. The molecule has 0 radical (unpaired) electrons. The summed E-state index contributed by atoms with van der Waals surface area (Å²) in [6.45, 7) is 0. The van der Waals surface area contributed by atoms with Crippen LogP contribution in [0.2, 0.25) is 0 Å². The molecule has 1 atom stereocenters. The zero-order valence-corrected chi connectivity index (χ0v) is 12.0. The lowest BCUT2D eigenvalue weighted by atomic mass is 10.1. The van der Waals surface area contributed by atoms with E-state index >= 15 is 0 Å². The zero-order valence-electron chi connectivity index (χ0n) is 10.5. The Labute approximate surface area is 123 Å². The van der Waals surface area contributed by atoms with Crippen LogP contribution in [0.3, 0.4) is 0 Å². The van der Waals surface area contributed by atoms with E-state index in [-0.39, 0.29) is 17.5 Å². The van der Waals surface area contributed by atoms with Gasteiger partial charge in [-0.3, -0.25) is 0 Å². The maximum absolute atomic E-state index is 13.8. The topological polar surface area (TPSA) is 32.3 Å². The molecule has 0 aliphatic heterocycles. The lowest BCUT2D eigenvalue weighted by Gasteiger charge is -2.17. The van der Waals surface area contributed by atoms with Gasteiger partial charge in [-0.05, 0) is 42.2 Å². The predicted molar refractivity (Wildman–Crippen MR) is 76.8 cm³/mol. The third kappa shape index (κ3) is 2.26. The van der Waals surface area contributed by atoms with Crippen molar-refractivity contribution < 1.29 is 13.9 Å². The molecule has 1 aliphatic rings. The fourth-order valence-corrected chi connectivity index (χ4v) is 3.04. The monoisotopic (exact) mass is 339 g/mol. The van der Waals surface area contributed by atoms with Gasteiger partial charge in [-0.25, -0.2) is 8.78 Å². The first kappa shape index (κ1) is 13.4. The van der Waals surface area contributed by atoms with Crippen LogP contribution in [-0.4, -0.2) is 5.11 Å². The summed E-state index contributed by atoms with van der Waals surface area (Å²) in [5.41, 5.74) is 1.61. The van der Waals surface area contributed by atoms with Gasteiger partial charge in [0, 0.05) is 4.47 Å². The average Bonchev–Trinajstić information content (AvgIpc) is 2.78. The van der Waals surface area contributed by atoms with Gasteiger partial charge in [-0.15, -0.1) is 0 Å². The van der Waals surface area contributed by atoms with Crippen molar-refractivity contribution in [1.82, 2.24) is 0 Å². The quantitative estimate of drug-likeness (QED) is 0.842. The molecule has 0 fully saturated rings. The molecule has 1 unspecified atom stereocenters. The van der Waals surface area contributed by atoms with Gasteiger partial charge >= 0.3 is 0 Å². The highest BCUT2D eigenvalue weighted by Crippen LogP contribution is 2.39. The Morgan fingerprint density at radius 2 is 1.90 bits per heavy atom. The van der Waals surface area contributed by atoms with Gasteiger partial charge in [0.25, 0.3) is 0 Å². The number of benzene rings is 2. The highest BCUT2D eigenvalue weighted by atomic mass is 79.9. The summed E-state index contributed by atoms with van der Waals surface area (Å²) in [4.78, 5) is 0. The van der Waals surface area contributed by atoms with E-state index < -0.39 is 11.6 Å². The molecule has 0 saturated heterocycles. The van der Waals surface area contributed by atoms with Gasteiger partial charge in [0.05, 0.1) is 6.04 Å². The van der Waals surface area contributed by atoms with Crippen molar-refractivity contribution in [3.8, 4) is 5.75 Å². The van der Waals surface area contributed by atoms with E-state index in [0.29, 0.717) is 17.3 Å². The van der Waals surface area contributed by atoms with Crippen LogP contribution in [0, 0.1) is 11.6 Å². The molecule has 2 aromatic carbocycles. The first-order valence-corrected chi connectivity index (χ1v) is 7.07. The first-order chi connectivity index (χ1) is 9.56. The van der Waals surface area contributed by atoms with Crippen molar-refractivity contribution in [3.63, 3.8) is 0 Å². The molecule has 3 rings (SSSR count). The smallest absolute Gasteiger partial charge is 0.150 e. The number of phenols is 1. The average molecular weight is 340 g/mol. The van der Waals surface area contributed by atoms with Gasteiger partial charge in [-0.2, -0.15) is 0 Å². The molecule has 1 aliphatic carbocycles. The maximum Gasteiger partial charge on any atom is 0.150 e. The summed E-state index contributed by atoms with van der Waals surface area (Å²) < 4.78 is 28.0. The predicted octanol–water partition coefficient (Wildman–Crippen LogP) is 4.53.